The first kappa shape index (κ1) is 24.3. The number of amides is 1. The molecule has 0 unspecified atom stereocenters. The van der Waals surface area contributed by atoms with E-state index in [-0.39, 0.29) is 34.4 Å². The Labute approximate surface area is 201 Å². The van der Waals surface area contributed by atoms with E-state index in [0.29, 0.717) is 16.8 Å². The predicted octanol–water partition coefficient (Wildman–Crippen LogP) is 5.69. The summed E-state index contributed by atoms with van der Waals surface area (Å²) >= 11 is 6.39. The number of carbonyl (C=O) groups excluding carboxylic acids is 1. The molecular weight excluding hydrogens is 458 g/mol. The van der Waals surface area contributed by atoms with Gasteiger partial charge in [0.25, 0.3) is 11.6 Å². The zero-order chi connectivity index (χ0) is 24.7. The number of hydrogen-bond acceptors (Lipinski definition) is 6. The normalized spacial score (nSPS) is 10.8. The zero-order valence-corrected chi connectivity index (χ0v) is 19.1. The summed E-state index contributed by atoms with van der Waals surface area (Å²) in [6, 6.07) is 18.3. The number of anilines is 1. The molecule has 8 nitrogen and oxygen atoms in total. The summed E-state index contributed by atoms with van der Waals surface area (Å²) in [5.41, 5.74) is 2.41. The number of nitrogens with zero attached hydrogens (tertiary/aromatic N) is 2. The van der Waals surface area contributed by atoms with Crippen molar-refractivity contribution in [1.29, 1.82) is 5.26 Å². The van der Waals surface area contributed by atoms with Crippen molar-refractivity contribution < 1.29 is 19.2 Å². The van der Waals surface area contributed by atoms with Crippen molar-refractivity contribution >= 4 is 35.0 Å². The Balaban J connectivity index is 1.82. The van der Waals surface area contributed by atoms with Crippen LogP contribution in [0.15, 0.2) is 66.2 Å². The number of hydrogen-bond donors (Lipinski definition) is 1. The number of nitriles is 1. The second-order valence-electron chi connectivity index (χ2n) is 7.24. The third kappa shape index (κ3) is 6.12. The Morgan fingerprint density at radius 3 is 2.65 bits per heavy atom. The van der Waals surface area contributed by atoms with E-state index in [1.165, 1.54) is 31.4 Å². The Hall–Kier alpha value is -4.35. The number of nitro benzene ring substituents is 1. The minimum absolute atomic E-state index is 0.0231. The Morgan fingerprint density at radius 1 is 1.21 bits per heavy atom. The van der Waals surface area contributed by atoms with E-state index in [1.54, 1.807) is 36.4 Å². The van der Waals surface area contributed by atoms with Crippen molar-refractivity contribution in [2.24, 2.45) is 0 Å². The van der Waals surface area contributed by atoms with Gasteiger partial charge in [0.1, 0.15) is 18.2 Å². The van der Waals surface area contributed by atoms with Crippen LogP contribution in [0, 0.1) is 28.4 Å². The molecular formula is C25H20ClN3O5. The van der Waals surface area contributed by atoms with Crippen LogP contribution in [0.5, 0.6) is 11.5 Å². The van der Waals surface area contributed by atoms with Crippen LogP contribution in [0.2, 0.25) is 5.02 Å². The number of carbonyl (C=O) groups is 1. The molecule has 0 aliphatic heterocycles. The van der Waals surface area contributed by atoms with Gasteiger partial charge in [0.05, 0.1) is 17.1 Å². The van der Waals surface area contributed by atoms with Crippen LogP contribution in [0.4, 0.5) is 11.4 Å². The van der Waals surface area contributed by atoms with Crippen molar-refractivity contribution in [2.45, 2.75) is 13.5 Å². The molecule has 0 bridgehead atoms. The summed E-state index contributed by atoms with van der Waals surface area (Å²) in [6.45, 7) is 1.92. The minimum Gasteiger partial charge on any atom is -0.493 e. The number of nitrogens with one attached hydrogen (secondary N) is 1. The summed E-state index contributed by atoms with van der Waals surface area (Å²) in [4.78, 5) is 23.0. The maximum Gasteiger partial charge on any atom is 0.269 e. The summed E-state index contributed by atoms with van der Waals surface area (Å²) in [6.07, 6.45) is 1.39. The summed E-state index contributed by atoms with van der Waals surface area (Å²) < 4.78 is 11.1. The summed E-state index contributed by atoms with van der Waals surface area (Å²) in [5, 5.41) is 23.3. The molecule has 3 rings (SSSR count). The highest BCUT2D eigenvalue weighted by Gasteiger charge is 2.15. The maximum atomic E-state index is 12.6. The van der Waals surface area contributed by atoms with Gasteiger partial charge in [-0.25, -0.2) is 0 Å². The van der Waals surface area contributed by atoms with Gasteiger partial charge in [-0.05, 0) is 54.0 Å². The zero-order valence-electron chi connectivity index (χ0n) is 18.4. The molecule has 34 heavy (non-hydrogen) atoms. The maximum absolute atomic E-state index is 12.6. The van der Waals surface area contributed by atoms with E-state index in [1.807, 2.05) is 19.1 Å². The van der Waals surface area contributed by atoms with Gasteiger partial charge in [0.2, 0.25) is 0 Å². The second kappa shape index (κ2) is 11.0. The van der Waals surface area contributed by atoms with E-state index >= 15 is 0 Å². The van der Waals surface area contributed by atoms with Gasteiger partial charge in [0.15, 0.2) is 11.5 Å². The van der Waals surface area contributed by atoms with Crippen LogP contribution >= 0.6 is 11.6 Å². The molecule has 9 heteroatoms. The van der Waals surface area contributed by atoms with E-state index in [9.17, 15) is 20.2 Å². The van der Waals surface area contributed by atoms with E-state index in [4.69, 9.17) is 21.1 Å². The van der Waals surface area contributed by atoms with Gasteiger partial charge < -0.3 is 14.8 Å². The lowest BCUT2D eigenvalue weighted by Gasteiger charge is -2.13. The largest absolute Gasteiger partial charge is 0.493 e. The van der Waals surface area contributed by atoms with Gasteiger partial charge in [-0.2, -0.15) is 5.26 Å². The first-order valence-corrected chi connectivity index (χ1v) is 10.4. The fourth-order valence-corrected chi connectivity index (χ4v) is 3.39. The van der Waals surface area contributed by atoms with Gasteiger partial charge in [0, 0.05) is 17.8 Å². The molecule has 3 aromatic rings. The second-order valence-corrected chi connectivity index (χ2v) is 7.65. The highest BCUT2D eigenvalue weighted by Crippen LogP contribution is 2.37. The van der Waals surface area contributed by atoms with E-state index < -0.39 is 10.8 Å². The van der Waals surface area contributed by atoms with Gasteiger partial charge in [-0.15, -0.1) is 0 Å². The third-order valence-electron chi connectivity index (χ3n) is 4.71. The Morgan fingerprint density at radius 2 is 1.97 bits per heavy atom. The lowest BCUT2D eigenvalue weighted by atomic mass is 10.1. The predicted molar refractivity (Wildman–Crippen MR) is 129 cm³/mol. The van der Waals surface area contributed by atoms with Crippen LogP contribution in [-0.2, 0) is 11.4 Å². The standard InChI is InChI=1S/C25H20ClN3O5/c1-16-5-3-7-20(9-16)28-25(30)19(14-27)10-18-12-22(26)24(23(13-18)33-2)34-15-17-6-4-8-21(11-17)29(31)32/h3-13H,15H2,1-2H3,(H,28,30)/b19-10-. The number of aryl methyl sites for hydroxylation is 1. The number of nitro groups is 1. The number of methoxy groups -OCH3 is 1. The average molecular weight is 478 g/mol. The molecule has 0 aromatic heterocycles. The molecule has 0 atom stereocenters. The number of non-ortho nitro benzene ring substituents is 1. The van der Waals surface area contributed by atoms with Crippen molar-refractivity contribution in [3.05, 3.63) is 98.1 Å². The SMILES string of the molecule is COc1cc(/C=C(/C#N)C(=O)Nc2cccc(C)c2)cc(Cl)c1OCc1cccc([N+](=O)[O-])c1. The lowest BCUT2D eigenvalue weighted by molar-refractivity contribution is -0.384. The molecule has 0 aliphatic rings. The monoisotopic (exact) mass is 477 g/mol. The van der Waals surface area contributed by atoms with Crippen LogP contribution < -0.4 is 14.8 Å². The van der Waals surface area contributed by atoms with Gasteiger partial charge in [-0.1, -0.05) is 35.9 Å². The van der Waals surface area contributed by atoms with Crippen molar-refractivity contribution in [1.82, 2.24) is 0 Å². The number of benzene rings is 3. The highest BCUT2D eigenvalue weighted by atomic mass is 35.5. The van der Waals surface area contributed by atoms with Gasteiger partial charge in [-0.3, -0.25) is 14.9 Å². The molecule has 0 aliphatic carbocycles. The Bertz CT molecular complexity index is 1310. The molecule has 3 aromatic carbocycles. The number of rotatable bonds is 8. The van der Waals surface area contributed by atoms with Crippen LogP contribution in [0.1, 0.15) is 16.7 Å². The van der Waals surface area contributed by atoms with Crippen LogP contribution in [0.3, 0.4) is 0 Å². The van der Waals surface area contributed by atoms with Crippen molar-refractivity contribution in [3.8, 4) is 17.6 Å². The first-order chi connectivity index (χ1) is 16.3. The van der Waals surface area contributed by atoms with Gasteiger partial charge >= 0.3 is 0 Å². The Kier molecular flexibility index (Phi) is 7.85. The highest BCUT2D eigenvalue weighted by molar-refractivity contribution is 6.32. The summed E-state index contributed by atoms with van der Waals surface area (Å²) in [5.74, 6) is -0.0507. The van der Waals surface area contributed by atoms with Crippen LogP contribution in [0.25, 0.3) is 6.08 Å². The van der Waals surface area contributed by atoms with Crippen LogP contribution in [-0.4, -0.2) is 17.9 Å². The van der Waals surface area contributed by atoms with E-state index in [2.05, 4.69) is 5.32 Å². The average Bonchev–Trinajstić information content (AvgIpc) is 2.81. The van der Waals surface area contributed by atoms with E-state index in [0.717, 1.165) is 5.56 Å². The fourth-order valence-electron chi connectivity index (χ4n) is 3.12. The summed E-state index contributed by atoms with van der Waals surface area (Å²) in [7, 11) is 1.43. The number of halogens is 1. The molecule has 0 heterocycles. The molecule has 1 amide bonds. The molecule has 0 saturated heterocycles. The molecule has 0 spiro atoms. The molecule has 172 valence electrons. The van der Waals surface area contributed by atoms with Crippen molar-refractivity contribution in [2.75, 3.05) is 12.4 Å². The third-order valence-corrected chi connectivity index (χ3v) is 4.99. The quantitative estimate of drug-likeness (QED) is 0.193. The fraction of sp³-hybridized carbons (Fsp3) is 0.120. The molecule has 0 saturated carbocycles. The molecule has 0 radical (unpaired) electrons. The lowest BCUT2D eigenvalue weighted by Crippen LogP contribution is -2.13. The van der Waals surface area contributed by atoms with Crippen molar-refractivity contribution in [3.63, 3.8) is 0 Å². The molecule has 1 N–H and O–H groups in total. The topological polar surface area (TPSA) is 114 Å². The minimum atomic E-state index is -0.561. The number of ether oxygens (including phenoxy) is 2. The molecule has 0 fully saturated rings. The first-order valence-electron chi connectivity index (χ1n) is 10.0. The smallest absolute Gasteiger partial charge is 0.269 e.